The van der Waals surface area contributed by atoms with Gasteiger partial charge in [-0.25, -0.2) is 0 Å². The van der Waals surface area contributed by atoms with Crippen molar-refractivity contribution in [2.24, 2.45) is 0 Å². The minimum atomic E-state index is 0.415. The molecule has 0 fully saturated rings. The fourth-order valence-corrected chi connectivity index (χ4v) is 2.53. The van der Waals surface area contributed by atoms with Gasteiger partial charge < -0.3 is 5.11 Å². The lowest BCUT2D eigenvalue weighted by Gasteiger charge is -2.01. The Bertz CT molecular complexity index is 675. The zero-order chi connectivity index (χ0) is 13.8. The van der Waals surface area contributed by atoms with Gasteiger partial charge in [0.05, 0.1) is 0 Å². The summed E-state index contributed by atoms with van der Waals surface area (Å²) in [7, 11) is 0. The van der Waals surface area contributed by atoms with Gasteiger partial charge in [0, 0.05) is 12.0 Å². The van der Waals surface area contributed by atoms with Crippen molar-refractivity contribution in [3.63, 3.8) is 0 Å². The second kappa shape index (κ2) is 5.62. The zero-order valence-corrected chi connectivity index (χ0v) is 11.2. The Balaban J connectivity index is 0.000000170. The average molecular weight is 260 g/mol. The van der Waals surface area contributed by atoms with Gasteiger partial charge in [-0.15, -0.1) is 0 Å². The largest absolute Gasteiger partial charge is 0.508 e. The number of hydrogen-bond acceptors (Lipinski definition) is 1. The van der Waals surface area contributed by atoms with Crippen LogP contribution in [0.5, 0.6) is 5.75 Å². The first-order valence-electron chi connectivity index (χ1n) is 6.75. The molecule has 0 aromatic heterocycles. The minimum absolute atomic E-state index is 0.415. The van der Waals surface area contributed by atoms with E-state index in [0.717, 1.165) is 12.0 Å². The molecule has 0 radical (unpaired) electrons. The molecule has 0 bridgehead atoms. The SMILES string of the molecule is Oc1cccc2c1Cc1ccccc1-2.c1ccccc1. The third-order valence-electron chi connectivity index (χ3n) is 3.49. The van der Waals surface area contributed by atoms with Gasteiger partial charge in [-0.3, -0.25) is 0 Å². The normalized spacial score (nSPS) is 11.0. The molecule has 0 spiro atoms. The summed E-state index contributed by atoms with van der Waals surface area (Å²) in [5, 5.41) is 9.70. The van der Waals surface area contributed by atoms with Crippen LogP contribution in [0.3, 0.4) is 0 Å². The van der Waals surface area contributed by atoms with Crippen molar-refractivity contribution in [3.8, 4) is 16.9 Å². The zero-order valence-electron chi connectivity index (χ0n) is 11.2. The van der Waals surface area contributed by atoms with Crippen molar-refractivity contribution in [1.29, 1.82) is 0 Å². The predicted molar refractivity (Wildman–Crippen MR) is 82.8 cm³/mol. The first-order chi connectivity index (χ1) is 9.86. The van der Waals surface area contributed by atoms with Crippen molar-refractivity contribution < 1.29 is 5.11 Å². The molecule has 98 valence electrons. The Hall–Kier alpha value is -2.54. The van der Waals surface area contributed by atoms with E-state index >= 15 is 0 Å². The molecule has 0 atom stereocenters. The summed E-state index contributed by atoms with van der Waals surface area (Å²) in [5.74, 6) is 0.415. The van der Waals surface area contributed by atoms with Gasteiger partial charge in [0.25, 0.3) is 0 Å². The summed E-state index contributed by atoms with van der Waals surface area (Å²) in [5.41, 5.74) is 4.82. The summed E-state index contributed by atoms with van der Waals surface area (Å²) < 4.78 is 0. The highest BCUT2D eigenvalue weighted by atomic mass is 16.3. The maximum absolute atomic E-state index is 9.70. The molecule has 1 N–H and O–H groups in total. The van der Waals surface area contributed by atoms with Crippen molar-refractivity contribution in [2.75, 3.05) is 0 Å². The van der Waals surface area contributed by atoms with Crippen LogP contribution in [-0.4, -0.2) is 5.11 Å². The summed E-state index contributed by atoms with van der Waals surface area (Å²) in [6.45, 7) is 0. The summed E-state index contributed by atoms with van der Waals surface area (Å²) in [6.07, 6.45) is 0.859. The second-order valence-electron chi connectivity index (χ2n) is 4.79. The lowest BCUT2D eigenvalue weighted by molar-refractivity contribution is 0.470. The third kappa shape index (κ3) is 2.43. The molecule has 0 amide bonds. The molecule has 20 heavy (non-hydrogen) atoms. The number of fused-ring (bicyclic) bond motifs is 3. The van der Waals surface area contributed by atoms with Crippen LogP contribution >= 0.6 is 0 Å². The summed E-state index contributed by atoms with van der Waals surface area (Å²) in [6, 6.07) is 26.0. The molecule has 0 aliphatic heterocycles. The molecular formula is C19H16O. The number of phenolic OH excluding ortho intramolecular Hbond substituents is 1. The Labute approximate surface area is 119 Å². The van der Waals surface area contributed by atoms with Crippen molar-refractivity contribution >= 4 is 0 Å². The molecule has 1 aliphatic carbocycles. The lowest BCUT2D eigenvalue weighted by Crippen LogP contribution is -1.80. The number of phenols is 1. The number of rotatable bonds is 0. The smallest absolute Gasteiger partial charge is 0.119 e. The van der Waals surface area contributed by atoms with Crippen LogP contribution in [0.25, 0.3) is 11.1 Å². The van der Waals surface area contributed by atoms with E-state index in [1.54, 1.807) is 6.07 Å². The van der Waals surface area contributed by atoms with Crippen LogP contribution in [-0.2, 0) is 6.42 Å². The molecule has 3 aromatic carbocycles. The molecule has 1 aliphatic rings. The quantitative estimate of drug-likeness (QED) is 0.488. The topological polar surface area (TPSA) is 20.2 Å². The number of benzene rings is 3. The first-order valence-corrected chi connectivity index (χ1v) is 6.75. The summed E-state index contributed by atoms with van der Waals surface area (Å²) >= 11 is 0. The average Bonchev–Trinajstić information content (AvgIpc) is 2.90. The van der Waals surface area contributed by atoms with Crippen molar-refractivity contribution in [2.45, 2.75) is 6.42 Å². The van der Waals surface area contributed by atoms with Gasteiger partial charge in [0.2, 0.25) is 0 Å². The van der Waals surface area contributed by atoms with Crippen molar-refractivity contribution in [3.05, 3.63) is 90.0 Å². The molecule has 0 saturated heterocycles. The number of hydrogen-bond donors (Lipinski definition) is 1. The summed E-state index contributed by atoms with van der Waals surface area (Å²) in [4.78, 5) is 0. The Morgan fingerprint density at radius 3 is 1.90 bits per heavy atom. The maximum Gasteiger partial charge on any atom is 0.119 e. The first kappa shape index (κ1) is 12.5. The molecule has 0 saturated carbocycles. The van der Waals surface area contributed by atoms with Gasteiger partial charge in [-0.1, -0.05) is 72.8 Å². The van der Waals surface area contributed by atoms with Gasteiger partial charge in [-0.2, -0.15) is 0 Å². The van der Waals surface area contributed by atoms with E-state index in [-0.39, 0.29) is 0 Å². The fourth-order valence-electron chi connectivity index (χ4n) is 2.53. The van der Waals surface area contributed by atoms with Crippen LogP contribution in [0, 0.1) is 0 Å². The predicted octanol–water partition coefficient (Wildman–Crippen LogP) is 4.65. The number of aromatic hydroxyl groups is 1. The highest BCUT2D eigenvalue weighted by Gasteiger charge is 2.19. The van der Waals surface area contributed by atoms with Gasteiger partial charge in [0.1, 0.15) is 5.75 Å². The maximum atomic E-state index is 9.70. The molecule has 1 nitrogen and oxygen atoms in total. The Morgan fingerprint density at radius 1 is 0.600 bits per heavy atom. The second-order valence-corrected chi connectivity index (χ2v) is 4.79. The van der Waals surface area contributed by atoms with Gasteiger partial charge >= 0.3 is 0 Å². The Kier molecular flexibility index (Phi) is 3.51. The van der Waals surface area contributed by atoms with Crippen LogP contribution in [0.4, 0.5) is 0 Å². The fraction of sp³-hybridized carbons (Fsp3) is 0.0526. The van der Waals surface area contributed by atoms with Crippen LogP contribution in [0.2, 0.25) is 0 Å². The van der Waals surface area contributed by atoms with Crippen LogP contribution in [0.15, 0.2) is 78.9 Å². The van der Waals surface area contributed by atoms with E-state index in [1.165, 1.54) is 16.7 Å². The van der Waals surface area contributed by atoms with Crippen LogP contribution in [0.1, 0.15) is 11.1 Å². The van der Waals surface area contributed by atoms with Crippen molar-refractivity contribution in [1.82, 2.24) is 0 Å². The van der Waals surface area contributed by atoms with Crippen LogP contribution < -0.4 is 0 Å². The molecule has 0 unspecified atom stereocenters. The van der Waals surface area contributed by atoms with E-state index in [2.05, 4.69) is 18.2 Å². The molecule has 4 rings (SSSR count). The standard InChI is InChI=1S/C13H10O.C6H6/c14-13-7-3-6-11-10-5-2-1-4-9(10)8-12(11)13;1-2-4-6-5-3-1/h1-7,14H,8H2;1-6H. The van der Waals surface area contributed by atoms with E-state index in [1.807, 2.05) is 54.6 Å². The third-order valence-corrected chi connectivity index (χ3v) is 3.49. The van der Waals surface area contributed by atoms with Gasteiger partial charge in [-0.05, 0) is 22.8 Å². The minimum Gasteiger partial charge on any atom is -0.508 e. The van der Waals surface area contributed by atoms with E-state index in [9.17, 15) is 5.11 Å². The molecular weight excluding hydrogens is 244 g/mol. The monoisotopic (exact) mass is 260 g/mol. The highest BCUT2D eigenvalue weighted by Crippen LogP contribution is 2.40. The molecule has 3 aromatic rings. The van der Waals surface area contributed by atoms with E-state index < -0.39 is 0 Å². The molecule has 0 heterocycles. The van der Waals surface area contributed by atoms with E-state index in [0.29, 0.717) is 5.75 Å². The van der Waals surface area contributed by atoms with Gasteiger partial charge in [0.15, 0.2) is 0 Å². The highest BCUT2D eigenvalue weighted by molar-refractivity contribution is 5.78. The Morgan fingerprint density at radius 2 is 1.20 bits per heavy atom. The van der Waals surface area contributed by atoms with E-state index in [4.69, 9.17) is 0 Å². The lowest BCUT2D eigenvalue weighted by atomic mass is 10.1. The molecule has 1 heteroatoms.